The molecule has 0 saturated heterocycles. The Morgan fingerprint density at radius 2 is 1.77 bits per heavy atom. The topological polar surface area (TPSA) is 80.2 Å². The van der Waals surface area contributed by atoms with Crippen LogP contribution < -0.4 is 10.0 Å². The van der Waals surface area contributed by atoms with E-state index < -0.39 is 10.0 Å². The smallest absolute Gasteiger partial charge is 0.240 e. The van der Waals surface area contributed by atoms with Crippen LogP contribution in [0.5, 0.6) is 0 Å². The van der Waals surface area contributed by atoms with Crippen LogP contribution in [0.1, 0.15) is 12.5 Å². The first-order valence-corrected chi connectivity index (χ1v) is 9.75. The zero-order chi connectivity index (χ0) is 18.7. The summed E-state index contributed by atoms with van der Waals surface area (Å²) in [6.45, 7) is 1.71. The third-order valence-corrected chi connectivity index (χ3v) is 5.63. The Labute approximate surface area is 152 Å². The number of nitrogens with one attached hydrogen (secondary N) is 2. The van der Waals surface area contributed by atoms with Gasteiger partial charge in [-0.15, -0.1) is 0 Å². The fourth-order valence-electron chi connectivity index (χ4n) is 2.95. The van der Waals surface area contributed by atoms with E-state index in [1.165, 1.54) is 19.1 Å². The van der Waals surface area contributed by atoms with Crippen molar-refractivity contribution in [3.63, 3.8) is 0 Å². The molecule has 0 atom stereocenters. The first-order valence-electron chi connectivity index (χ1n) is 8.27. The molecule has 1 aromatic heterocycles. The lowest BCUT2D eigenvalue weighted by Gasteiger charge is -2.08. The second-order valence-electron chi connectivity index (χ2n) is 6.14. The molecule has 2 aromatic carbocycles. The molecule has 0 aliphatic carbocycles. The third kappa shape index (κ3) is 3.95. The molecule has 0 bridgehead atoms. The van der Waals surface area contributed by atoms with E-state index >= 15 is 0 Å². The molecule has 0 radical (unpaired) electrons. The van der Waals surface area contributed by atoms with Crippen LogP contribution >= 0.6 is 0 Å². The lowest BCUT2D eigenvalue weighted by molar-refractivity contribution is -0.114. The first-order chi connectivity index (χ1) is 12.4. The Morgan fingerprint density at radius 1 is 1.08 bits per heavy atom. The van der Waals surface area contributed by atoms with Crippen molar-refractivity contribution < 1.29 is 13.2 Å². The highest BCUT2D eigenvalue weighted by Gasteiger charge is 2.14. The largest absolute Gasteiger partial charge is 0.350 e. The van der Waals surface area contributed by atoms with Crippen LogP contribution in [0.4, 0.5) is 5.69 Å². The molecule has 7 heteroatoms. The Bertz CT molecular complexity index is 1040. The van der Waals surface area contributed by atoms with E-state index in [1.54, 1.807) is 12.1 Å². The number of anilines is 1. The lowest BCUT2D eigenvalue weighted by Crippen LogP contribution is -2.26. The SMILES string of the molecule is CC(=O)Nc1ccc(S(=O)(=O)NCCc2cn(C)c3ccccc23)cc1. The Kier molecular flexibility index (Phi) is 5.11. The normalized spacial score (nSPS) is 11.6. The summed E-state index contributed by atoms with van der Waals surface area (Å²) in [5, 5.41) is 3.74. The van der Waals surface area contributed by atoms with Crippen LogP contribution in [0, 0.1) is 0 Å². The van der Waals surface area contributed by atoms with Crippen molar-refractivity contribution in [3.8, 4) is 0 Å². The number of para-hydroxylation sites is 1. The van der Waals surface area contributed by atoms with Gasteiger partial charge in [-0.05, 0) is 42.3 Å². The van der Waals surface area contributed by atoms with Crippen LogP contribution in [-0.2, 0) is 28.3 Å². The molecule has 3 aromatic rings. The number of sulfonamides is 1. The second kappa shape index (κ2) is 7.31. The van der Waals surface area contributed by atoms with E-state index in [2.05, 4.69) is 10.0 Å². The van der Waals surface area contributed by atoms with E-state index in [-0.39, 0.29) is 10.8 Å². The van der Waals surface area contributed by atoms with Gasteiger partial charge in [-0.3, -0.25) is 4.79 Å². The summed E-state index contributed by atoms with van der Waals surface area (Å²) in [5.74, 6) is -0.200. The average Bonchev–Trinajstić information content (AvgIpc) is 2.91. The van der Waals surface area contributed by atoms with E-state index in [9.17, 15) is 13.2 Å². The van der Waals surface area contributed by atoms with Gasteiger partial charge < -0.3 is 9.88 Å². The standard InChI is InChI=1S/C19H21N3O3S/c1-14(23)21-16-7-9-17(10-8-16)26(24,25)20-12-11-15-13-22(2)19-6-4-3-5-18(15)19/h3-10,13,20H,11-12H2,1-2H3,(H,21,23). The van der Waals surface area contributed by atoms with Crippen LogP contribution in [0.25, 0.3) is 10.9 Å². The second-order valence-corrected chi connectivity index (χ2v) is 7.90. The quantitative estimate of drug-likeness (QED) is 0.699. The maximum absolute atomic E-state index is 12.4. The van der Waals surface area contributed by atoms with Gasteiger partial charge in [0.25, 0.3) is 0 Å². The van der Waals surface area contributed by atoms with Gasteiger partial charge in [0.1, 0.15) is 0 Å². The molecule has 0 saturated carbocycles. The number of aromatic nitrogens is 1. The summed E-state index contributed by atoms with van der Waals surface area (Å²) in [6.07, 6.45) is 2.63. The maximum Gasteiger partial charge on any atom is 0.240 e. The van der Waals surface area contributed by atoms with Crippen LogP contribution in [0.2, 0.25) is 0 Å². The molecule has 136 valence electrons. The number of nitrogens with zero attached hydrogens (tertiary/aromatic N) is 1. The van der Waals surface area contributed by atoms with Gasteiger partial charge in [-0.1, -0.05) is 18.2 Å². The lowest BCUT2D eigenvalue weighted by atomic mass is 10.1. The Morgan fingerprint density at radius 3 is 2.46 bits per heavy atom. The molecular formula is C19H21N3O3S. The van der Waals surface area contributed by atoms with Crippen molar-refractivity contribution in [1.29, 1.82) is 0 Å². The number of carbonyl (C=O) groups excluding carboxylic acids is 1. The molecule has 6 nitrogen and oxygen atoms in total. The van der Waals surface area contributed by atoms with Crippen LogP contribution in [-0.4, -0.2) is 25.4 Å². The highest BCUT2D eigenvalue weighted by Crippen LogP contribution is 2.20. The Hall–Kier alpha value is -2.64. The predicted octanol–water partition coefficient (Wildman–Crippen LogP) is 2.66. The van der Waals surface area contributed by atoms with Crippen LogP contribution in [0.15, 0.2) is 59.6 Å². The fourth-order valence-corrected chi connectivity index (χ4v) is 3.98. The van der Waals surface area contributed by atoms with E-state index in [1.807, 2.05) is 42.1 Å². The molecular weight excluding hydrogens is 350 g/mol. The van der Waals surface area contributed by atoms with Crippen molar-refractivity contribution in [2.24, 2.45) is 7.05 Å². The van der Waals surface area contributed by atoms with E-state index in [4.69, 9.17) is 0 Å². The highest BCUT2D eigenvalue weighted by atomic mass is 32.2. The van der Waals surface area contributed by atoms with Crippen molar-refractivity contribution >= 4 is 32.5 Å². The number of benzene rings is 2. The number of hydrogen-bond acceptors (Lipinski definition) is 3. The van der Waals surface area contributed by atoms with Gasteiger partial charge in [0.15, 0.2) is 0 Å². The molecule has 0 fully saturated rings. The summed E-state index contributed by atoms with van der Waals surface area (Å²) in [7, 11) is -1.61. The average molecular weight is 371 g/mol. The molecule has 3 rings (SSSR count). The summed E-state index contributed by atoms with van der Waals surface area (Å²) >= 11 is 0. The fraction of sp³-hybridized carbons (Fsp3) is 0.211. The number of hydrogen-bond donors (Lipinski definition) is 2. The van der Waals surface area contributed by atoms with Gasteiger partial charge in [-0.25, -0.2) is 13.1 Å². The van der Waals surface area contributed by atoms with Crippen LogP contribution in [0.3, 0.4) is 0 Å². The van der Waals surface area contributed by atoms with Gasteiger partial charge >= 0.3 is 0 Å². The minimum atomic E-state index is -3.59. The number of rotatable bonds is 6. The van der Waals surface area contributed by atoms with Gasteiger partial charge in [0.05, 0.1) is 4.90 Å². The number of amides is 1. The number of aryl methyl sites for hydroxylation is 1. The predicted molar refractivity (Wildman–Crippen MR) is 103 cm³/mol. The summed E-state index contributed by atoms with van der Waals surface area (Å²) < 4.78 is 29.5. The Balaban J connectivity index is 1.67. The first kappa shape index (κ1) is 18.2. The molecule has 1 heterocycles. The van der Waals surface area contributed by atoms with Crippen molar-refractivity contribution in [3.05, 3.63) is 60.3 Å². The zero-order valence-electron chi connectivity index (χ0n) is 14.7. The number of carbonyl (C=O) groups is 1. The molecule has 0 aliphatic rings. The minimum Gasteiger partial charge on any atom is -0.350 e. The maximum atomic E-state index is 12.4. The van der Waals surface area contributed by atoms with Crippen molar-refractivity contribution in [2.45, 2.75) is 18.2 Å². The molecule has 0 aliphatic heterocycles. The molecule has 1 amide bonds. The van der Waals surface area contributed by atoms with Gasteiger partial charge in [0, 0.05) is 43.3 Å². The molecule has 26 heavy (non-hydrogen) atoms. The minimum absolute atomic E-state index is 0.171. The monoisotopic (exact) mass is 371 g/mol. The molecule has 2 N–H and O–H groups in total. The highest BCUT2D eigenvalue weighted by molar-refractivity contribution is 7.89. The van der Waals surface area contributed by atoms with E-state index in [0.29, 0.717) is 18.7 Å². The van der Waals surface area contributed by atoms with Gasteiger partial charge in [-0.2, -0.15) is 0 Å². The van der Waals surface area contributed by atoms with Gasteiger partial charge in [0.2, 0.25) is 15.9 Å². The zero-order valence-corrected chi connectivity index (χ0v) is 15.5. The molecule has 0 unspecified atom stereocenters. The van der Waals surface area contributed by atoms with Crippen molar-refractivity contribution in [2.75, 3.05) is 11.9 Å². The summed E-state index contributed by atoms with van der Waals surface area (Å²) in [6, 6.07) is 14.1. The summed E-state index contributed by atoms with van der Waals surface area (Å²) in [5.41, 5.74) is 2.79. The van der Waals surface area contributed by atoms with Crippen molar-refractivity contribution in [1.82, 2.24) is 9.29 Å². The third-order valence-electron chi connectivity index (χ3n) is 4.15. The van der Waals surface area contributed by atoms with E-state index in [0.717, 1.165) is 16.5 Å². The number of fused-ring (bicyclic) bond motifs is 1. The summed E-state index contributed by atoms with van der Waals surface area (Å²) in [4.78, 5) is 11.2. The molecule has 0 spiro atoms.